The number of aryl methyl sites for hydroxylation is 2. The molecule has 0 N–H and O–H groups in total. The van der Waals surface area contributed by atoms with E-state index in [1.165, 1.54) is 5.56 Å². The van der Waals surface area contributed by atoms with Crippen LogP contribution in [0.5, 0.6) is 5.75 Å². The van der Waals surface area contributed by atoms with Crippen molar-refractivity contribution in [1.82, 2.24) is 4.98 Å². The van der Waals surface area contributed by atoms with E-state index in [-0.39, 0.29) is 7.43 Å². The molecule has 0 fully saturated rings. The third kappa shape index (κ3) is 3.45. The summed E-state index contributed by atoms with van der Waals surface area (Å²) in [5.41, 5.74) is 3.32. The number of hydrogen-bond donors (Lipinski definition) is 0. The van der Waals surface area contributed by atoms with E-state index in [2.05, 4.69) is 18.0 Å². The molecule has 2 rings (SSSR count). The SMILES string of the molecule is C.CC.COc1ccc2nc(C)c(C)cc2c1. The lowest BCUT2D eigenvalue weighted by molar-refractivity contribution is 0.415. The van der Waals surface area contributed by atoms with Crippen molar-refractivity contribution < 1.29 is 4.74 Å². The summed E-state index contributed by atoms with van der Waals surface area (Å²) in [6.45, 7) is 8.10. The van der Waals surface area contributed by atoms with E-state index in [1.54, 1.807) is 7.11 Å². The van der Waals surface area contributed by atoms with Crippen molar-refractivity contribution in [2.75, 3.05) is 7.11 Å². The molecule has 1 heterocycles. The second kappa shape index (κ2) is 6.89. The lowest BCUT2D eigenvalue weighted by atomic mass is 10.1. The Morgan fingerprint density at radius 1 is 1.06 bits per heavy atom. The second-order valence-electron chi connectivity index (χ2n) is 3.45. The maximum absolute atomic E-state index is 5.16. The molecule has 0 bridgehead atoms. The first-order chi connectivity index (χ1) is 7.70. The largest absolute Gasteiger partial charge is 0.497 e. The van der Waals surface area contributed by atoms with Gasteiger partial charge < -0.3 is 4.74 Å². The van der Waals surface area contributed by atoms with E-state index in [0.29, 0.717) is 0 Å². The van der Waals surface area contributed by atoms with Gasteiger partial charge in [0.2, 0.25) is 0 Å². The highest BCUT2D eigenvalue weighted by Crippen LogP contribution is 2.21. The summed E-state index contributed by atoms with van der Waals surface area (Å²) in [5.74, 6) is 0.877. The minimum atomic E-state index is 0. The molecular formula is C15H23NO. The highest BCUT2D eigenvalue weighted by Gasteiger charge is 2.00. The van der Waals surface area contributed by atoms with Gasteiger partial charge in [-0.15, -0.1) is 0 Å². The van der Waals surface area contributed by atoms with Crippen LogP contribution in [0.15, 0.2) is 24.3 Å². The normalized spacial score (nSPS) is 9.00. The fourth-order valence-corrected chi connectivity index (χ4v) is 1.48. The summed E-state index contributed by atoms with van der Waals surface area (Å²) >= 11 is 0. The van der Waals surface area contributed by atoms with Gasteiger partial charge >= 0.3 is 0 Å². The number of hydrogen-bond acceptors (Lipinski definition) is 2. The molecule has 0 spiro atoms. The molecule has 0 atom stereocenters. The molecular weight excluding hydrogens is 210 g/mol. The topological polar surface area (TPSA) is 22.1 Å². The minimum absolute atomic E-state index is 0. The van der Waals surface area contributed by atoms with Crippen molar-refractivity contribution >= 4 is 10.9 Å². The van der Waals surface area contributed by atoms with Gasteiger partial charge in [-0.05, 0) is 43.7 Å². The van der Waals surface area contributed by atoms with Gasteiger partial charge in [0.05, 0.1) is 12.6 Å². The Morgan fingerprint density at radius 3 is 2.29 bits per heavy atom. The summed E-state index contributed by atoms with van der Waals surface area (Å²) in [4.78, 5) is 4.50. The van der Waals surface area contributed by atoms with Crippen LogP contribution in [-0.2, 0) is 0 Å². The standard InChI is InChI=1S/C12H13NO.C2H6.CH4/c1-8-6-10-7-11(14-3)4-5-12(10)13-9(8)2;1-2;/h4-7H,1-3H3;1-2H3;1H4. The number of rotatable bonds is 1. The fraction of sp³-hybridized carbons (Fsp3) is 0.400. The number of methoxy groups -OCH3 is 1. The van der Waals surface area contributed by atoms with Crippen LogP contribution in [0.4, 0.5) is 0 Å². The van der Waals surface area contributed by atoms with Gasteiger partial charge in [0.1, 0.15) is 5.75 Å². The average Bonchev–Trinajstić information content (AvgIpc) is 2.33. The summed E-state index contributed by atoms with van der Waals surface area (Å²) in [6, 6.07) is 8.07. The number of nitrogens with zero attached hydrogens (tertiary/aromatic N) is 1. The van der Waals surface area contributed by atoms with E-state index in [4.69, 9.17) is 4.74 Å². The van der Waals surface area contributed by atoms with Gasteiger partial charge in [-0.2, -0.15) is 0 Å². The summed E-state index contributed by atoms with van der Waals surface area (Å²) in [7, 11) is 1.68. The summed E-state index contributed by atoms with van der Waals surface area (Å²) in [6.07, 6.45) is 0. The van der Waals surface area contributed by atoms with Gasteiger partial charge in [0, 0.05) is 11.1 Å². The van der Waals surface area contributed by atoms with Crippen LogP contribution in [0.2, 0.25) is 0 Å². The Balaban J connectivity index is 0.000000811. The van der Waals surface area contributed by atoms with Crippen molar-refractivity contribution in [2.24, 2.45) is 0 Å². The molecule has 0 saturated carbocycles. The maximum atomic E-state index is 5.16. The Hall–Kier alpha value is -1.57. The molecule has 17 heavy (non-hydrogen) atoms. The predicted molar refractivity (Wildman–Crippen MR) is 75.8 cm³/mol. The zero-order valence-corrected chi connectivity index (χ0v) is 10.7. The first kappa shape index (κ1) is 15.4. The summed E-state index contributed by atoms with van der Waals surface area (Å²) < 4.78 is 5.16. The predicted octanol–water partition coefficient (Wildman–Crippen LogP) is 4.52. The number of aromatic nitrogens is 1. The van der Waals surface area contributed by atoms with E-state index < -0.39 is 0 Å². The minimum Gasteiger partial charge on any atom is -0.497 e. The molecule has 0 unspecified atom stereocenters. The Bertz CT molecular complexity index is 478. The van der Waals surface area contributed by atoms with Gasteiger partial charge in [-0.25, -0.2) is 0 Å². The number of ether oxygens (including phenoxy) is 1. The molecule has 2 heteroatoms. The quantitative estimate of drug-likeness (QED) is 0.722. The molecule has 0 radical (unpaired) electrons. The molecule has 0 aliphatic carbocycles. The average molecular weight is 233 g/mol. The van der Waals surface area contributed by atoms with Crippen LogP contribution < -0.4 is 4.74 Å². The highest BCUT2D eigenvalue weighted by atomic mass is 16.5. The van der Waals surface area contributed by atoms with Crippen molar-refractivity contribution in [3.63, 3.8) is 0 Å². The summed E-state index contributed by atoms with van der Waals surface area (Å²) in [5, 5.41) is 1.13. The number of fused-ring (bicyclic) bond motifs is 1. The smallest absolute Gasteiger partial charge is 0.119 e. The maximum Gasteiger partial charge on any atom is 0.119 e. The van der Waals surface area contributed by atoms with Gasteiger partial charge in [-0.3, -0.25) is 4.98 Å². The molecule has 2 aromatic rings. The molecule has 0 aliphatic heterocycles. The lowest BCUT2D eigenvalue weighted by Crippen LogP contribution is -1.89. The van der Waals surface area contributed by atoms with E-state index >= 15 is 0 Å². The zero-order valence-electron chi connectivity index (χ0n) is 10.7. The zero-order chi connectivity index (χ0) is 12.1. The van der Waals surface area contributed by atoms with Crippen LogP contribution in [-0.4, -0.2) is 12.1 Å². The Morgan fingerprint density at radius 2 is 1.71 bits per heavy atom. The first-order valence-electron chi connectivity index (χ1n) is 5.62. The van der Waals surface area contributed by atoms with Crippen molar-refractivity contribution in [2.45, 2.75) is 35.1 Å². The van der Waals surface area contributed by atoms with Crippen molar-refractivity contribution in [1.29, 1.82) is 0 Å². The van der Waals surface area contributed by atoms with Gasteiger partial charge in [0.15, 0.2) is 0 Å². The molecule has 0 aliphatic rings. The van der Waals surface area contributed by atoms with Crippen molar-refractivity contribution in [3.05, 3.63) is 35.5 Å². The molecule has 1 aromatic heterocycles. The number of pyridine rings is 1. The Labute approximate surface area is 105 Å². The third-order valence-electron chi connectivity index (χ3n) is 2.47. The molecule has 0 amide bonds. The fourth-order valence-electron chi connectivity index (χ4n) is 1.48. The van der Waals surface area contributed by atoms with Crippen LogP contribution in [0, 0.1) is 13.8 Å². The molecule has 1 aromatic carbocycles. The van der Waals surface area contributed by atoms with Crippen molar-refractivity contribution in [3.8, 4) is 5.75 Å². The van der Waals surface area contributed by atoms with Gasteiger partial charge in [-0.1, -0.05) is 21.3 Å². The number of benzene rings is 1. The van der Waals surface area contributed by atoms with E-state index in [0.717, 1.165) is 22.3 Å². The molecule has 2 nitrogen and oxygen atoms in total. The molecule has 0 saturated heterocycles. The van der Waals surface area contributed by atoms with E-state index in [1.807, 2.05) is 39.0 Å². The van der Waals surface area contributed by atoms with Gasteiger partial charge in [0.25, 0.3) is 0 Å². The van der Waals surface area contributed by atoms with Crippen LogP contribution in [0.3, 0.4) is 0 Å². The third-order valence-corrected chi connectivity index (χ3v) is 2.47. The van der Waals surface area contributed by atoms with Crippen LogP contribution in [0.25, 0.3) is 10.9 Å². The second-order valence-corrected chi connectivity index (χ2v) is 3.45. The molecule has 94 valence electrons. The lowest BCUT2D eigenvalue weighted by Gasteiger charge is -2.04. The highest BCUT2D eigenvalue weighted by molar-refractivity contribution is 5.81. The first-order valence-corrected chi connectivity index (χ1v) is 5.62. The monoisotopic (exact) mass is 233 g/mol. The van der Waals surface area contributed by atoms with E-state index in [9.17, 15) is 0 Å². The van der Waals surface area contributed by atoms with Crippen LogP contribution >= 0.6 is 0 Å². The Kier molecular flexibility index (Phi) is 6.26. The van der Waals surface area contributed by atoms with Crippen LogP contribution in [0.1, 0.15) is 32.5 Å².